The standard InChI is InChI=1S/C23H19N3/c1-16-13-14-20(15-17(16)2)23-25-21(18-9-5-3-6-10-18)24-22(26-23)19-11-7-4-8-12-19/h3-15H,1-2H3. The van der Waals surface area contributed by atoms with E-state index in [1.165, 1.54) is 11.1 Å². The summed E-state index contributed by atoms with van der Waals surface area (Å²) in [7, 11) is 0. The van der Waals surface area contributed by atoms with Gasteiger partial charge in [0.05, 0.1) is 0 Å². The van der Waals surface area contributed by atoms with Crippen molar-refractivity contribution in [3.63, 3.8) is 0 Å². The van der Waals surface area contributed by atoms with Crippen molar-refractivity contribution in [3.8, 4) is 34.2 Å². The lowest BCUT2D eigenvalue weighted by molar-refractivity contribution is 1.07. The van der Waals surface area contributed by atoms with E-state index in [4.69, 9.17) is 15.0 Å². The van der Waals surface area contributed by atoms with Gasteiger partial charge >= 0.3 is 0 Å². The molecule has 0 radical (unpaired) electrons. The fourth-order valence-electron chi connectivity index (χ4n) is 2.82. The van der Waals surface area contributed by atoms with E-state index in [0.29, 0.717) is 17.5 Å². The van der Waals surface area contributed by atoms with Gasteiger partial charge in [-0.1, -0.05) is 72.8 Å². The van der Waals surface area contributed by atoms with Gasteiger partial charge in [0, 0.05) is 16.7 Å². The normalized spacial score (nSPS) is 10.7. The molecule has 0 atom stereocenters. The minimum Gasteiger partial charge on any atom is -0.208 e. The predicted molar refractivity (Wildman–Crippen MR) is 106 cm³/mol. The van der Waals surface area contributed by atoms with Crippen LogP contribution in [-0.4, -0.2) is 15.0 Å². The average Bonchev–Trinajstić information content (AvgIpc) is 2.71. The van der Waals surface area contributed by atoms with Crippen LogP contribution in [0.1, 0.15) is 11.1 Å². The number of nitrogens with zero attached hydrogens (tertiary/aromatic N) is 3. The van der Waals surface area contributed by atoms with Gasteiger partial charge in [0.1, 0.15) is 0 Å². The van der Waals surface area contributed by atoms with Crippen LogP contribution in [0.4, 0.5) is 0 Å². The van der Waals surface area contributed by atoms with Gasteiger partial charge < -0.3 is 0 Å². The summed E-state index contributed by atoms with van der Waals surface area (Å²) in [5.41, 5.74) is 5.46. The zero-order valence-corrected chi connectivity index (χ0v) is 14.8. The first-order valence-corrected chi connectivity index (χ1v) is 8.65. The van der Waals surface area contributed by atoms with E-state index >= 15 is 0 Å². The molecule has 3 nitrogen and oxygen atoms in total. The highest BCUT2D eigenvalue weighted by molar-refractivity contribution is 5.66. The second-order valence-electron chi connectivity index (χ2n) is 6.34. The minimum atomic E-state index is 0.688. The maximum absolute atomic E-state index is 4.75. The van der Waals surface area contributed by atoms with Gasteiger partial charge in [0.25, 0.3) is 0 Å². The Morgan fingerprint density at radius 3 is 1.38 bits per heavy atom. The Morgan fingerprint density at radius 2 is 0.923 bits per heavy atom. The largest absolute Gasteiger partial charge is 0.208 e. The fourth-order valence-corrected chi connectivity index (χ4v) is 2.82. The molecule has 0 aliphatic rings. The molecule has 126 valence electrons. The molecule has 0 spiro atoms. The van der Waals surface area contributed by atoms with E-state index in [1.54, 1.807) is 0 Å². The molecule has 4 rings (SSSR count). The van der Waals surface area contributed by atoms with Gasteiger partial charge in [-0.2, -0.15) is 0 Å². The Balaban J connectivity index is 1.92. The maximum Gasteiger partial charge on any atom is 0.164 e. The maximum atomic E-state index is 4.75. The summed E-state index contributed by atoms with van der Waals surface area (Å²) in [6.45, 7) is 4.22. The van der Waals surface area contributed by atoms with Crippen molar-refractivity contribution in [1.29, 1.82) is 0 Å². The molecular weight excluding hydrogens is 318 g/mol. The van der Waals surface area contributed by atoms with Crippen LogP contribution in [0.3, 0.4) is 0 Å². The molecule has 4 aromatic rings. The number of hydrogen-bond acceptors (Lipinski definition) is 3. The van der Waals surface area contributed by atoms with Gasteiger partial charge in [0.15, 0.2) is 17.5 Å². The third-order valence-electron chi connectivity index (χ3n) is 4.46. The second-order valence-corrected chi connectivity index (χ2v) is 6.34. The number of aromatic nitrogens is 3. The molecular formula is C23H19N3. The van der Waals surface area contributed by atoms with Gasteiger partial charge in [-0.05, 0) is 31.0 Å². The molecule has 3 aromatic carbocycles. The van der Waals surface area contributed by atoms with Crippen LogP contribution in [-0.2, 0) is 0 Å². The van der Waals surface area contributed by atoms with Crippen molar-refractivity contribution in [3.05, 3.63) is 90.0 Å². The first-order valence-electron chi connectivity index (χ1n) is 8.65. The Morgan fingerprint density at radius 1 is 0.462 bits per heavy atom. The number of rotatable bonds is 3. The topological polar surface area (TPSA) is 38.7 Å². The summed E-state index contributed by atoms with van der Waals surface area (Å²) < 4.78 is 0. The van der Waals surface area contributed by atoms with Crippen molar-refractivity contribution in [2.24, 2.45) is 0 Å². The van der Waals surface area contributed by atoms with Crippen LogP contribution in [0.2, 0.25) is 0 Å². The van der Waals surface area contributed by atoms with E-state index in [9.17, 15) is 0 Å². The summed E-state index contributed by atoms with van der Waals surface area (Å²) in [6, 6.07) is 26.4. The highest BCUT2D eigenvalue weighted by Crippen LogP contribution is 2.25. The molecule has 0 aliphatic heterocycles. The van der Waals surface area contributed by atoms with E-state index < -0.39 is 0 Å². The highest BCUT2D eigenvalue weighted by Gasteiger charge is 2.12. The molecule has 3 heteroatoms. The smallest absolute Gasteiger partial charge is 0.164 e. The Labute approximate surface area is 153 Å². The summed E-state index contributed by atoms with van der Waals surface area (Å²) >= 11 is 0. The number of aryl methyl sites for hydroxylation is 2. The van der Waals surface area contributed by atoms with Crippen LogP contribution in [0.5, 0.6) is 0 Å². The second kappa shape index (κ2) is 6.89. The number of benzene rings is 3. The molecule has 1 heterocycles. The van der Waals surface area contributed by atoms with Crippen molar-refractivity contribution in [1.82, 2.24) is 15.0 Å². The molecule has 0 fully saturated rings. The van der Waals surface area contributed by atoms with Crippen LogP contribution < -0.4 is 0 Å². The predicted octanol–water partition coefficient (Wildman–Crippen LogP) is 5.49. The summed E-state index contributed by atoms with van der Waals surface area (Å²) in [6.07, 6.45) is 0. The lowest BCUT2D eigenvalue weighted by Crippen LogP contribution is -2.00. The van der Waals surface area contributed by atoms with E-state index in [2.05, 4.69) is 32.0 Å². The van der Waals surface area contributed by atoms with Crippen LogP contribution in [0.15, 0.2) is 78.9 Å². The number of hydrogen-bond donors (Lipinski definition) is 0. The van der Waals surface area contributed by atoms with E-state index in [0.717, 1.165) is 16.7 Å². The summed E-state index contributed by atoms with van der Waals surface area (Å²) in [4.78, 5) is 14.2. The van der Waals surface area contributed by atoms with Gasteiger partial charge in [-0.3, -0.25) is 0 Å². The molecule has 0 N–H and O–H groups in total. The minimum absolute atomic E-state index is 0.688. The SMILES string of the molecule is Cc1ccc(-c2nc(-c3ccccc3)nc(-c3ccccc3)n2)cc1C. The van der Waals surface area contributed by atoms with Crippen molar-refractivity contribution >= 4 is 0 Å². The molecule has 0 bridgehead atoms. The molecule has 1 aromatic heterocycles. The van der Waals surface area contributed by atoms with Gasteiger partial charge in [0.2, 0.25) is 0 Å². The quantitative estimate of drug-likeness (QED) is 0.496. The summed E-state index contributed by atoms with van der Waals surface area (Å²) in [5, 5.41) is 0. The van der Waals surface area contributed by atoms with Crippen molar-refractivity contribution in [2.75, 3.05) is 0 Å². The molecule has 0 saturated heterocycles. The van der Waals surface area contributed by atoms with Crippen LogP contribution in [0.25, 0.3) is 34.2 Å². The van der Waals surface area contributed by atoms with Crippen molar-refractivity contribution < 1.29 is 0 Å². The van der Waals surface area contributed by atoms with E-state index in [1.807, 2.05) is 60.7 Å². The summed E-state index contributed by atoms with van der Waals surface area (Å²) in [5.74, 6) is 2.07. The molecule has 26 heavy (non-hydrogen) atoms. The highest BCUT2D eigenvalue weighted by atomic mass is 15.0. The Hall–Kier alpha value is -3.33. The van der Waals surface area contributed by atoms with Crippen LogP contribution >= 0.6 is 0 Å². The Kier molecular flexibility index (Phi) is 4.28. The first kappa shape index (κ1) is 16.2. The average molecular weight is 337 g/mol. The third-order valence-corrected chi connectivity index (χ3v) is 4.46. The van der Waals surface area contributed by atoms with Gasteiger partial charge in [-0.25, -0.2) is 15.0 Å². The molecule has 0 amide bonds. The van der Waals surface area contributed by atoms with Crippen molar-refractivity contribution in [2.45, 2.75) is 13.8 Å². The lowest BCUT2D eigenvalue weighted by Gasteiger charge is -2.09. The van der Waals surface area contributed by atoms with E-state index in [-0.39, 0.29) is 0 Å². The third kappa shape index (κ3) is 3.24. The molecule has 0 aliphatic carbocycles. The zero-order chi connectivity index (χ0) is 17.9. The Bertz CT molecular complexity index is 984. The lowest BCUT2D eigenvalue weighted by atomic mass is 10.1. The molecule has 0 unspecified atom stereocenters. The van der Waals surface area contributed by atoms with Crippen LogP contribution in [0, 0.1) is 13.8 Å². The first-order chi connectivity index (χ1) is 12.7. The van der Waals surface area contributed by atoms with Gasteiger partial charge in [-0.15, -0.1) is 0 Å². The monoisotopic (exact) mass is 337 g/mol. The zero-order valence-electron chi connectivity index (χ0n) is 14.8. The molecule has 0 saturated carbocycles. The fraction of sp³-hybridized carbons (Fsp3) is 0.0870.